The van der Waals surface area contributed by atoms with Gasteiger partial charge in [0.1, 0.15) is 0 Å². The molecule has 0 saturated carbocycles. The summed E-state index contributed by atoms with van der Waals surface area (Å²) >= 11 is 0. The van der Waals surface area contributed by atoms with Crippen LogP contribution in [0.15, 0.2) is 11.6 Å². The Kier molecular flexibility index (Phi) is 5.59. The number of allylic oxidation sites excluding steroid dienone is 1. The highest BCUT2D eigenvalue weighted by molar-refractivity contribution is 5.85. The van der Waals surface area contributed by atoms with Gasteiger partial charge in [-0.25, -0.2) is 4.79 Å². The van der Waals surface area contributed by atoms with Gasteiger partial charge in [-0.05, 0) is 20.3 Å². The summed E-state index contributed by atoms with van der Waals surface area (Å²) in [5, 5.41) is 10.8. The number of carboxylic acid groups (broad SMARTS) is 1. The lowest BCUT2D eigenvalue weighted by Gasteiger charge is -1.84. The number of hydrogen-bond acceptors (Lipinski definition) is 2. The van der Waals surface area contributed by atoms with Crippen LogP contribution in [0.3, 0.4) is 0 Å². The van der Waals surface area contributed by atoms with E-state index in [1.807, 2.05) is 0 Å². The van der Waals surface area contributed by atoms with Crippen molar-refractivity contribution >= 4 is 11.9 Å². The summed E-state index contributed by atoms with van der Waals surface area (Å²) in [6.45, 7) is 4.14. The summed E-state index contributed by atoms with van der Waals surface area (Å²) in [6, 6.07) is 0. The Morgan fingerprint density at radius 3 is 2.31 bits per heavy atom. The Hall–Kier alpha value is -1.32. The second kappa shape index (κ2) is 6.22. The molecule has 0 aliphatic carbocycles. The molecule has 1 aliphatic heterocycles. The largest absolute Gasteiger partial charge is 0.478 e. The van der Waals surface area contributed by atoms with Gasteiger partial charge in [0.25, 0.3) is 0 Å². The van der Waals surface area contributed by atoms with Crippen LogP contribution in [0.1, 0.15) is 26.7 Å². The fourth-order valence-electron chi connectivity index (χ4n) is 0.689. The van der Waals surface area contributed by atoms with E-state index in [1.165, 1.54) is 0 Å². The molecule has 1 rings (SSSR count). The van der Waals surface area contributed by atoms with Crippen molar-refractivity contribution in [2.45, 2.75) is 26.7 Å². The number of rotatable bonds is 1. The first-order valence-electron chi connectivity index (χ1n) is 4.20. The molecule has 4 nitrogen and oxygen atoms in total. The number of amides is 1. The lowest BCUT2D eigenvalue weighted by molar-refractivity contribution is -0.132. The average molecular weight is 185 g/mol. The first-order valence-corrected chi connectivity index (χ1v) is 4.20. The SMILES string of the molecule is CC=C(C)C(=O)O.O=C1CCCN1. The van der Waals surface area contributed by atoms with E-state index in [1.54, 1.807) is 19.9 Å². The molecule has 1 amide bonds. The zero-order valence-corrected chi connectivity index (χ0v) is 7.96. The van der Waals surface area contributed by atoms with Crippen LogP contribution in [0.4, 0.5) is 0 Å². The monoisotopic (exact) mass is 185 g/mol. The molecule has 0 aromatic rings. The standard InChI is InChI=1S/C5H8O2.C4H7NO/c1-3-4(2)5(6)7;6-4-2-1-3-5-4/h3H,1-2H3,(H,6,7);1-3H2,(H,5,6). The van der Waals surface area contributed by atoms with Crippen LogP contribution < -0.4 is 5.32 Å². The zero-order valence-electron chi connectivity index (χ0n) is 7.96. The molecular formula is C9H15NO3. The van der Waals surface area contributed by atoms with Gasteiger partial charge in [-0.2, -0.15) is 0 Å². The predicted molar refractivity (Wildman–Crippen MR) is 49.3 cm³/mol. The third-order valence-electron chi connectivity index (χ3n) is 1.67. The van der Waals surface area contributed by atoms with Crippen LogP contribution in [-0.4, -0.2) is 23.5 Å². The van der Waals surface area contributed by atoms with Gasteiger partial charge < -0.3 is 10.4 Å². The highest BCUT2D eigenvalue weighted by atomic mass is 16.4. The highest BCUT2D eigenvalue weighted by Gasteiger charge is 2.05. The van der Waals surface area contributed by atoms with Crippen molar-refractivity contribution in [1.82, 2.24) is 5.32 Å². The predicted octanol–water partition coefficient (Wildman–Crippen LogP) is 0.934. The molecule has 0 radical (unpaired) electrons. The van der Waals surface area contributed by atoms with Crippen molar-refractivity contribution in [3.8, 4) is 0 Å². The minimum Gasteiger partial charge on any atom is -0.478 e. The van der Waals surface area contributed by atoms with Gasteiger partial charge in [-0.3, -0.25) is 4.79 Å². The van der Waals surface area contributed by atoms with Crippen molar-refractivity contribution in [1.29, 1.82) is 0 Å². The summed E-state index contributed by atoms with van der Waals surface area (Å²) in [5.74, 6) is -0.641. The van der Waals surface area contributed by atoms with Crippen LogP contribution in [-0.2, 0) is 9.59 Å². The molecular weight excluding hydrogens is 170 g/mol. The fraction of sp³-hybridized carbons (Fsp3) is 0.556. The Balaban J connectivity index is 0.000000223. The maximum Gasteiger partial charge on any atom is 0.330 e. The zero-order chi connectivity index (χ0) is 10.3. The molecule has 0 spiro atoms. The van der Waals surface area contributed by atoms with Crippen LogP contribution >= 0.6 is 0 Å². The van der Waals surface area contributed by atoms with E-state index in [0.29, 0.717) is 5.57 Å². The van der Waals surface area contributed by atoms with Crippen LogP contribution in [0.25, 0.3) is 0 Å². The van der Waals surface area contributed by atoms with Crippen molar-refractivity contribution < 1.29 is 14.7 Å². The molecule has 0 aromatic carbocycles. The van der Waals surface area contributed by atoms with Gasteiger partial charge in [0.05, 0.1) is 0 Å². The Bertz CT molecular complexity index is 213. The second-order valence-corrected chi connectivity index (χ2v) is 2.73. The van der Waals surface area contributed by atoms with E-state index in [9.17, 15) is 9.59 Å². The van der Waals surface area contributed by atoms with E-state index < -0.39 is 5.97 Å². The third-order valence-corrected chi connectivity index (χ3v) is 1.67. The van der Waals surface area contributed by atoms with Gasteiger partial charge >= 0.3 is 5.97 Å². The quantitative estimate of drug-likeness (QED) is 0.597. The first kappa shape index (κ1) is 11.7. The summed E-state index contributed by atoms with van der Waals surface area (Å²) in [7, 11) is 0. The number of carboxylic acids is 1. The molecule has 0 atom stereocenters. The summed E-state index contributed by atoms with van der Waals surface area (Å²) in [4.78, 5) is 20.0. The van der Waals surface area contributed by atoms with Crippen molar-refractivity contribution in [2.75, 3.05) is 6.54 Å². The van der Waals surface area contributed by atoms with Crippen molar-refractivity contribution in [2.24, 2.45) is 0 Å². The molecule has 1 aliphatic rings. The van der Waals surface area contributed by atoms with E-state index in [0.717, 1.165) is 19.4 Å². The Labute approximate surface area is 77.6 Å². The minimum absolute atomic E-state index is 0.204. The summed E-state index contributed by atoms with van der Waals surface area (Å²) in [5.41, 5.74) is 0.389. The molecule has 0 aromatic heterocycles. The minimum atomic E-state index is -0.845. The maximum absolute atomic E-state index is 10.1. The maximum atomic E-state index is 10.1. The van der Waals surface area contributed by atoms with Crippen LogP contribution in [0.2, 0.25) is 0 Å². The van der Waals surface area contributed by atoms with Crippen LogP contribution in [0.5, 0.6) is 0 Å². The first-order chi connectivity index (χ1) is 6.07. The van der Waals surface area contributed by atoms with Crippen molar-refractivity contribution in [3.63, 3.8) is 0 Å². The number of nitrogens with one attached hydrogen (secondary N) is 1. The van der Waals surface area contributed by atoms with Gasteiger partial charge in [0, 0.05) is 18.5 Å². The third kappa shape index (κ3) is 5.90. The molecule has 0 unspecified atom stereocenters. The van der Waals surface area contributed by atoms with E-state index in [-0.39, 0.29) is 5.91 Å². The summed E-state index contributed by atoms with van der Waals surface area (Å²) in [6.07, 6.45) is 3.32. The normalized spacial score (nSPS) is 15.8. The molecule has 2 N–H and O–H groups in total. The fourth-order valence-corrected chi connectivity index (χ4v) is 0.689. The number of hydrogen-bond donors (Lipinski definition) is 2. The van der Waals surface area contributed by atoms with Crippen LogP contribution in [0, 0.1) is 0 Å². The topological polar surface area (TPSA) is 66.4 Å². The van der Waals surface area contributed by atoms with Gasteiger partial charge in [0.15, 0.2) is 0 Å². The summed E-state index contributed by atoms with van der Waals surface area (Å²) < 4.78 is 0. The molecule has 0 bridgehead atoms. The Morgan fingerprint density at radius 1 is 1.62 bits per heavy atom. The van der Waals surface area contributed by atoms with E-state index >= 15 is 0 Å². The average Bonchev–Trinajstić information content (AvgIpc) is 2.55. The van der Waals surface area contributed by atoms with E-state index in [4.69, 9.17) is 5.11 Å². The van der Waals surface area contributed by atoms with Crippen molar-refractivity contribution in [3.05, 3.63) is 11.6 Å². The van der Waals surface area contributed by atoms with Gasteiger partial charge in [-0.1, -0.05) is 6.08 Å². The van der Waals surface area contributed by atoms with Gasteiger partial charge in [-0.15, -0.1) is 0 Å². The lowest BCUT2D eigenvalue weighted by Crippen LogP contribution is -2.12. The molecule has 4 heteroatoms. The molecule has 1 fully saturated rings. The smallest absolute Gasteiger partial charge is 0.330 e. The van der Waals surface area contributed by atoms with Gasteiger partial charge in [0.2, 0.25) is 5.91 Å². The molecule has 13 heavy (non-hydrogen) atoms. The second-order valence-electron chi connectivity index (χ2n) is 2.73. The lowest BCUT2D eigenvalue weighted by atomic mass is 10.3. The molecule has 1 heterocycles. The number of aliphatic carboxylic acids is 1. The Morgan fingerprint density at radius 2 is 2.23 bits per heavy atom. The molecule has 74 valence electrons. The molecule has 1 saturated heterocycles. The number of carbonyl (C=O) groups is 2. The van der Waals surface area contributed by atoms with E-state index in [2.05, 4.69) is 5.32 Å². The highest BCUT2D eigenvalue weighted by Crippen LogP contribution is 1.93. The number of carbonyl (C=O) groups excluding carboxylic acids is 1.